The quantitative estimate of drug-likeness (QED) is 0.874. The number of hydrogen-bond acceptors (Lipinski definition) is 1. The van der Waals surface area contributed by atoms with Crippen molar-refractivity contribution in [2.75, 3.05) is 0 Å². The smallest absolute Gasteiger partial charge is 0.327 e. The minimum atomic E-state index is -4.26. The molecule has 1 nitrogen and oxygen atoms in total. The highest BCUT2D eigenvalue weighted by atomic mass is 19.4. The summed E-state index contributed by atoms with van der Waals surface area (Å²) in [4.78, 5) is 0. The fraction of sp³-hybridized carbons (Fsp3) is 0.600. The molecule has 106 valence electrons. The van der Waals surface area contributed by atoms with Crippen molar-refractivity contribution < 1.29 is 13.2 Å². The molecule has 0 aliphatic heterocycles. The van der Waals surface area contributed by atoms with Gasteiger partial charge in [-0.2, -0.15) is 13.2 Å². The maximum atomic E-state index is 12.4. The van der Waals surface area contributed by atoms with E-state index in [0.29, 0.717) is 12.3 Å². The largest absolute Gasteiger partial charge is 0.416 e. The highest BCUT2D eigenvalue weighted by Crippen LogP contribution is 2.30. The molecule has 2 N–H and O–H groups in total. The molecule has 4 heteroatoms. The van der Waals surface area contributed by atoms with E-state index in [1.807, 2.05) is 0 Å². The molecule has 0 heterocycles. The SMILES string of the molecule is NC(Cc1ccc(C(F)(F)F)cc1)CC1CCCC1. The molecule has 0 saturated heterocycles. The number of hydrogen-bond donors (Lipinski definition) is 1. The second-order valence-electron chi connectivity index (χ2n) is 5.55. The summed E-state index contributed by atoms with van der Waals surface area (Å²) < 4.78 is 37.3. The molecule has 0 radical (unpaired) electrons. The summed E-state index contributed by atoms with van der Waals surface area (Å²) in [6.45, 7) is 0. The van der Waals surface area contributed by atoms with E-state index in [1.54, 1.807) is 0 Å². The lowest BCUT2D eigenvalue weighted by Crippen LogP contribution is -2.25. The predicted molar refractivity (Wildman–Crippen MR) is 69.7 cm³/mol. The third-order valence-corrected chi connectivity index (χ3v) is 3.89. The lowest BCUT2D eigenvalue weighted by molar-refractivity contribution is -0.137. The molecule has 1 aromatic carbocycles. The van der Waals surface area contributed by atoms with Gasteiger partial charge >= 0.3 is 6.18 Å². The van der Waals surface area contributed by atoms with Gasteiger partial charge in [-0.15, -0.1) is 0 Å². The molecule has 0 bridgehead atoms. The summed E-state index contributed by atoms with van der Waals surface area (Å²) in [6.07, 6.45) is 2.47. The molecule has 1 aliphatic carbocycles. The van der Waals surface area contributed by atoms with Crippen molar-refractivity contribution in [3.63, 3.8) is 0 Å². The van der Waals surface area contributed by atoms with Crippen LogP contribution in [0.2, 0.25) is 0 Å². The van der Waals surface area contributed by atoms with Gasteiger partial charge in [-0.1, -0.05) is 37.8 Å². The maximum Gasteiger partial charge on any atom is 0.416 e. The summed E-state index contributed by atoms with van der Waals surface area (Å²) in [5, 5.41) is 0. The maximum absolute atomic E-state index is 12.4. The van der Waals surface area contributed by atoms with Crippen LogP contribution in [0.15, 0.2) is 24.3 Å². The van der Waals surface area contributed by atoms with E-state index >= 15 is 0 Å². The van der Waals surface area contributed by atoms with Gasteiger partial charge in [0.05, 0.1) is 5.56 Å². The van der Waals surface area contributed by atoms with Crippen LogP contribution in [0.5, 0.6) is 0 Å². The van der Waals surface area contributed by atoms with Gasteiger partial charge in [0, 0.05) is 6.04 Å². The summed E-state index contributed by atoms with van der Waals surface area (Å²) in [7, 11) is 0. The molecule has 1 unspecified atom stereocenters. The summed E-state index contributed by atoms with van der Waals surface area (Å²) in [5.41, 5.74) is 6.38. The average molecular weight is 271 g/mol. The van der Waals surface area contributed by atoms with Crippen molar-refractivity contribution in [2.24, 2.45) is 11.7 Å². The van der Waals surface area contributed by atoms with Gasteiger partial charge < -0.3 is 5.73 Å². The molecule has 0 spiro atoms. The Morgan fingerprint density at radius 1 is 1.11 bits per heavy atom. The molecule has 1 atom stereocenters. The first-order valence-electron chi connectivity index (χ1n) is 6.87. The first-order valence-corrected chi connectivity index (χ1v) is 6.87. The minimum absolute atomic E-state index is 0.0554. The van der Waals surface area contributed by atoms with Crippen LogP contribution in [0.3, 0.4) is 0 Å². The van der Waals surface area contributed by atoms with Crippen LogP contribution in [0.4, 0.5) is 13.2 Å². The Balaban J connectivity index is 1.88. The Morgan fingerprint density at radius 3 is 2.21 bits per heavy atom. The Labute approximate surface area is 112 Å². The Morgan fingerprint density at radius 2 is 1.68 bits per heavy atom. The van der Waals surface area contributed by atoms with Crippen molar-refractivity contribution in [3.05, 3.63) is 35.4 Å². The number of alkyl halides is 3. The van der Waals surface area contributed by atoms with E-state index in [0.717, 1.165) is 24.1 Å². The topological polar surface area (TPSA) is 26.0 Å². The van der Waals surface area contributed by atoms with Crippen molar-refractivity contribution in [2.45, 2.75) is 50.7 Å². The zero-order valence-corrected chi connectivity index (χ0v) is 10.9. The molecule has 2 rings (SSSR count). The van der Waals surface area contributed by atoms with Crippen molar-refractivity contribution in [1.82, 2.24) is 0 Å². The zero-order valence-electron chi connectivity index (χ0n) is 10.9. The van der Waals surface area contributed by atoms with Gasteiger partial charge in [0.2, 0.25) is 0 Å². The number of rotatable bonds is 4. The van der Waals surface area contributed by atoms with Crippen LogP contribution in [0.1, 0.15) is 43.2 Å². The number of halogens is 3. The van der Waals surface area contributed by atoms with E-state index in [9.17, 15) is 13.2 Å². The third kappa shape index (κ3) is 4.23. The van der Waals surface area contributed by atoms with Crippen LogP contribution in [-0.2, 0) is 12.6 Å². The highest BCUT2D eigenvalue weighted by Gasteiger charge is 2.30. The first-order chi connectivity index (χ1) is 8.95. The second kappa shape index (κ2) is 5.95. The van der Waals surface area contributed by atoms with Gasteiger partial charge in [0.15, 0.2) is 0 Å². The normalized spacial score (nSPS) is 18.7. The van der Waals surface area contributed by atoms with Crippen molar-refractivity contribution in [3.8, 4) is 0 Å². The summed E-state index contributed by atoms with van der Waals surface area (Å²) >= 11 is 0. The van der Waals surface area contributed by atoms with Crippen LogP contribution >= 0.6 is 0 Å². The van der Waals surface area contributed by atoms with Crippen LogP contribution in [-0.4, -0.2) is 6.04 Å². The predicted octanol–water partition coefficient (Wildman–Crippen LogP) is 4.16. The molecule has 1 aromatic rings. The molecule has 1 aliphatic rings. The standard InChI is InChI=1S/C15H20F3N/c16-15(17,18)13-7-5-12(6-8-13)10-14(19)9-11-3-1-2-4-11/h5-8,11,14H,1-4,9-10,19H2. The Hall–Kier alpha value is -1.03. The first kappa shape index (κ1) is 14.4. The molecule has 19 heavy (non-hydrogen) atoms. The zero-order chi connectivity index (χ0) is 13.9. The van der Waals surface area contributed by atoms with Crippen molar-refractivity contribution >= 4 is 0 Å². The summed E-state index contributed by atoms with van der Waals surface area (Å²) in [5.74, 6) is 0.712. The van der Waals surface area contributed by atoms with Gasteiger partial charge in [-0.05, 0) is 36.5 Å². The molecular weight excluding hydrogens is 251 g/mol. The van der Waals surface area contributed by atoms with E-state index in [4.69, 9.17) is 5.73 Å². The lowest BCUT2D eigenvalue weighted by Gasteiger charge is -2.16. The molecule has 1 saturated carbocycles. The summed E-state index contributed by atoms with van der Waals surface area (Å²) in [6, 6.07) is 5.41. The van der Waals surface area contributed by atoms with Crippen LogP contribution < -0.4 is 5.73 Å². The number of benzene rings is 1. The van der Waals surface area contributed by atoms with Crippen LogP contribution in [0, 0.1) is 5.92 Å². The fourth-order valence-corrected chi connectivity index (χ4v) is 2.89. The average Bonchev–Trinajstić information content (AvgIpc) is 2.81. The van der Waals surface area contributed by atoms with Crippen molar-refractivity contribution in [1.29, 1.82) is 0 Å². The van der Waals surface area contributed by atoms with E-state index in [2.05, 4.69) is 0 Å². The van der Waals surface area contributed by atoms with E-state index < -0.39 is 11.7 Å². The fourth-order valence-electron chi connectivity index (χ4n) is 2.89. The Bertz CT molecular complexity index is 391. The molecule has 1 fully saturated rings. The molecule has 0 amide bonds. The highest BCUT2D eigenvalue weighted by molar-refractivity contribution is 5.25. The number of nitrogens with two attached hydrogens (primary N) is 1. The van der Waals surface area contributed by atoms with Gasteiger partial charge in [0.25, 0.3) is 0 Å². The van der Waals surface area contributed by atoms with Gasteiger partial charge in [-0.25, -0.2) is 0 Å². The molecular formula is C15H20F3N. The Kier molecular flexibility index (Phi) is 4.50. The second-order valence-corrected chi connectivity index (χ2v) is 5.55. The minimum Gasteiger partial charge on any atom is -0.327 e. The lowest BCUT2D eigenvalue weighted by atomic mass is 9.94. The van der Waals surface area contributed by atoms with E-state index in [-0.39, 0.29) is 6.04 Å². The monoisotopic (exact) mass is 271 g/mol. The molecule has 0 aromatic heterocycles. The third-order valence-electron chi connectivity index (χ3n) is 3.89. The van der Waals surface area contributed by atoms with E-state index in [1.165, 1.54) is 37.8 Å². The van der Waals surface area contributed by atoms with Crippen LogP contribution in [0.25, 0.3) is 0 Å². The van der Waals surface area contributed by atoms with Gasteiger partial charge in [0.1, 0.15) is 0 Å². The van der Waals surface area contributed by atoms with Gasteiger partial charge in [-0.3, -0.25) is 0 Å².